The van der Waals surface area contributed by atoms with E-state index in [0.717, 1.165) is 56.2 Å². The summed E-state index contributed by atoms with van der Waals surface area (Å²) in [5, 5.41) is 3.24. The van der Waals surface area contributed by atoms with Crippen molar-refractivity contribution in [3.63, 3.8) is 0 Å². The molecule has 1 aromatic carbocycles. The van der Waals surface area contributed by atoms with Crippen LogP contribution < -0.4 is 10.2 Å². The number of benzene rings is 1. The van der Waals surface area contributed by atoms with Gasteiger partial charge in [-0.05, 0) is 62.8 Å². The summed E-state index contributed by atoms with van der Waals surface area (Å²) in [4.78, 5) is 28.3. The topological polar surface area (TPSA) is 52.7 Å². The van der Waals surface area contributed by atoms with E-state index in [1.807, 2.05) is 24.3 Å². The molecule has 0 radical (unpaired) electrons. The molecule has 2 aliphatic rings. The first kappa shape index (κ1) is 19.9. The van der Waals surface area contributed by atoms with E-state index in [4.69, 9.17) is 0 Å². The average molecular weight is 372 g/mol. The number of carbonyl (C=O) groups is 2. The molecule has 0 aromatic heterocycles. The third-order valence-electron chi connectivity index (χ3n) is 6.17. The van der Waals surface area contributed by atoms with Crippen LogP contribution in [0.15, 0.2) is 24.3 Å². The maximum atomic E-state index is 12.4. The van der Waals surface area contributed by atoms with Gasteiger partial charge in [-0.15, -0.1) is 0 Å². The monoisotopic (exact) mass is 371 g/mol. The number of hydrogen-bond acceptors (Lipinski definition) is 4. The van der Waals surface area contributed by atoms with Crippen LogP contribution in [0.1, 0.15) is 56.3 Å². The Bertz CT molecular complexity index is 627. The fourth-order valence-electron chi connectivity index (χ4n) is 4.26. The number of amides is 1. The number of anilines is 1. The molecular weight excluding hydrogens is 338 g/mol. The fraction of sp³-hybridized carbons (Fsp3) is 0.636. The van der Waals surface area contributed by atoms with Gasteiger partial charge in [0.1, 0.15) is 0 Å². The lowest BCUT2D eigenvalue weighted by Crippen LogP contribution is -2.50. The number of nitrogens with one attached hydrogen (secondary N) is 1. The van der Waals surface area contributed by atoms with Gasteiger partial charge >= 0.3 is 0 Å². The fourth-order valence-corrected chi connectivity index (χ4v) is 4.26. The first-order chi connectivity index (χ1) is 13.0. The zero-order chi connectivity index (χ0) is 19.2. The van der Waals surface area contributed by atoms with E-state index in [1.54, 1.807) is 6.92 Å². The molecule has 1 N–H and O–H groups in total. The predicted molar refractivity (Wildman–Crippen MR) is 109 cm³/mol. The van der Waals surface area contributed by atoms with Crippen molar-refractivity contribution in [2.45, 2.75) is 52.0 Å². The van der Waals surface area contributed by atoms with E-state index in [1.165, 1.54) is 19.3 Å². The van der Waals surface area contributed by atoms with Gasteiger partial charge in [0.25, 0.3) is 0 Å². The van der Waals surface area contributed by atoms with Gasteiger partial charge in [-0.2, -0.15) is 0 Å². The summed E-state index contributed by atoms with van der Waals surface area (Å²) in [5.74, 6) is 1.13. The lowest BCUT2D eigenvalue weighted by Gasteiger charge is -2.36. The Morgan fingerprint density at radius 2 is 1.63 bits per heavy atom. The Hall–Kier alpha value is -1.88. The van der Waals surface area contributed by atoms with Crippen LogP contribution in [-0.2, 0) is 4.79 Å². The molecule has 0 spiro atoms. The minimum absolute atomic E-state index is 0.0977. The van der Waals surface area contributed by atoms with Gasteiger partial charge in [0.05, 0.1) is 6.54 Å². The minimum atomic E-state index is 0.0977. The van der Waals surface area contributed by atoms with E-state index >= 15 is 0 Å². The van der Waals surface area contributed by atoms with Gasteiger partial charge < -0.3 is 10.2 Å². The van der Waals surface area contributed by atoms with E-state index < -0.39 is 0 Å². The summed E-state index contributed by atoms with van der Waals surface area (Å²) in [6.07, 6.45) is 6.04. The van der Waals surface area contributed by atoms with Crippen molar-refractivity contribution in [2.75, 3.05) is 37.6 Å². The van der Waals surface area contributed by atoms with Gasteiger partial charge in [0.15, 0.2) is 5.78 Å². The molecule has 1 heterocycles. The Balaban J connectivity index is 1.40. The van der Waals surface area contributed by atoms with Gasteiger partial charge in [0.2, 0.25) is 5.91 Å². The number of ketones is 1. The second-order valence-electron chi connectivity index (χ2n) is 8.06. The molecule has 0 atom stereocenters. The molecule has 0 unspecified atom stereocenters. The highest BCUT2D eigenvalue weighted by molar-refractivity contribution is 5.94. The highest BCUT2D eigenvalue weighted by atomic mass is 16.2. The molecule has 3 rings (SSSR count). The number of hydrogen-bond donors (Lipinski definition) is 1. The van der Waals surface area contributed by atoms with Crippen molar-refractivity contribution in [3.05, 3.63) is 29.8 Å². The maximum Gasteiger partial charge on any atom is 0.234 e. The lowest BCUT2D eigenvalue weighted by molar-refractivity contribution is -0.123. The Kier molecular flexibility index (Phi) is 6.89. The molecule has 2 fully saturated rings. The van der Waals surface area contributed by atoms with Gasteiger partial charge in [0, 0.05) is 43.5 Å². The van der Waals surface area contributed by atoms with E-state index in [2.05, 4.69) is 22.0 Å². The first-order valence-corrected chi connectivity index (χ1v) is 10.4. The van der Waals surface area contributed by atoms with Crippen LogP contribution in [0.2, 0.25) is 0 Å². The molecule has 1 aromatic rings. The van der Waals surface area contributed by atoms with Crippen LogP contribution in [0.25, 0.3) is 0 Å². The molecule has 5 nitrogen and oxygen atoms in total. The third-order valence-corrected chi connectivity index (χ3v) is 6.17. The van der Waals surface area contributed by atoms with Crippen molar-refractivity contribution in [3.8, 4) is 0 Å². The van der Waals surface area contributed by atoms with Crippen LogP contribution in [0, 0.1) is 5.92 Å². The molecule has 1 aliphatic carbocycles. The van der Waals surface area contributed by atoms with E-state index in [-0.39, 0.29) is 11.7 Å². The zero-order valence-electron chi connectivity index (χ0n) is 16.7. The summed E-state index contributed by atoms with van der Waals surface area (Å²) < 4.78 is 0. The summed E-state index contributed by atoms with van der Waals surface area (Å²) in [7, 11) is 0. The standard InChI is InChI=1S/C22H33N3O2/c1-3-18-4-8-20(9-5-18)23-22(27)16-24-12-14-25(15-13-24)21-10-6-19(7-11-21)17(2)26/h6-7,10-11,18,20H,3-5,8-9,12-16H2,1-2H3,(H,23,27). The molecule has 1 saturated heterocycles. The number of piperazine rings is 1. The Morgan fingerprint density at radius 3 is 2.19 bits per heavy atom. The number of rotatable bonds is 6. The smallest absolute Gasteiger partial charge is 0.234 e. The number of carbonyl (C=O) groups excluding carboxylic acids is 2. The van der Waals surface area contributed by atoms with Gasteiger partial charge in [-0.1, -0.05) is 13.3 Å². The predicted octanol–water partition coefficient (Wildman–Crippen LogP) is 3.10. The quantitative estimate of drug-likeness (QED) is 0.781. The summed E-state index contributed by atoms with van der Waals surface area (Å²) in [6, 6.07) is 8.20. The van der Waals surface area contributed by atoms with Crippen molar-refractivity contribution in [1.29, 1.82) is 0 Å². The molecule has 148 valence electrons. The second-order valence-corrected chi connectivity index (χ2v) is 8.06. The SMILES string of the molecule is CCC1CCC(NC(=O)CN2CCN(c3ccc(C(C)=O)cc3)CC2)CC1. The zero-order valence-corrected chi connectivity index (χ0v) is 16.7. The second kappa shape index (κ2) is 9.36. The summed E-state index contributed by atoms with van der Waals surface area (Å²) in [5.41, 5.74) is 1.90. The minimum Gasteiger partial charge on any atom is -0.369 e. The van der Waals surface area contributed by atoms with Gasteiger partial charge in [-0.25, -0.2) is 0 Å². The number of nitrogens with zero attached hydrogens (tertiary/aromatic N) is 2. The molecule has 0 bridgehead atoms. The normalized spacial score (nSPS) is 23.9. The van der Waals surface area contributed by atoms with Crippen LogP contribution in [0.3, 0.4) is 0 Å². The Labute approximate surface area is 163 Å². The van der Waals surface area contributed by atoms with Crippen molar-refractivity contribution in [1.82, 2.24) is 10.2 Å². The molecule has 1 saturated carbocycles. The van der Waals surface area contributed by atoms with Crippen LogP contribution in [0.4, 0.5) is 5.69 Å². The molecule has 1 amide bonds. The summed E-state index contributed by atoms with van der Waals surface area (Å²) in [6.45, 7) is 7.97. The lowest BCUT2D eigenvalue weighted by atomic mass is 9.84. The van der Waals surface area contributed by atoms with Crippen LogP contribution in [-0.4, -0.2) is 55.4 Å². The van der Waals surface area contributed by atoms with Crippen molar-refractivity contribution < 1.29 is 9.59 Å². The van der Waals surface area contributed by atoms with Crippen molar-refractivity contribution >= 4 is 17.4 Å². The average Bonchev–Trinajstić information content (AvgIpc) is 2.69. The highest BCUT2D eigenvalue weighted by Crippen LogP contribution is 2.26. The van der Waals surface area contributed by atoms with Gasteiger partial charge in [-0.3, -0.25) is 14.5 Å². The summed E-state index contributed by atoms with van der Waals surface area (Å²) >= 11 is 0. The molecule has 27 heavy (non-hydrogen) atoms. The first-order valence-electron chi connectivity index (χ1n) is 10.4. The maximum absolute atomic E-state index is 12.4. The van der Waals surface area contributed by atoms with Crippen molar-refractivity contribution in [2.24, 2.45) is 5.92 Å². The third kappa shape index (κ3) is 5.55. The molecule has 1 aliphatic heterocycles. The largest absolute Gasteiger partial charge is 0.369 e. The highest BCUT2D eigenvalue weighted by Gasteiger charge is 2.23. The van der Waals surface area contributed by atoms with Crippen LogP contribution in [0.5, 0.6) is 0 Å². The van der Waals surface area contributed by atoms with E-state index in [0.29, 0.717) is 12.6 Å². The molecule has 5 heteroatoms. The molecular formula is C22H33N3O2. The van der Waals surface area contributed by atoms with Crippen LogP contribution >= 0.6 is 0 Å². The Morgan fingerprint density at radius 1 is 1.00 bits per heavy atom. The van der Waals surface area contributed by atoms with E-state index in [9.17, 15) is 9.59 Å². The number of Topliss-reactive ketones (excluding diaryl/α,β-unsaturated/α-hetero) is 1.